The molecule has 1 unspecified atom stereocenters. The van der Waals surface area contributed by atoms with E-state index in [4.69, 9.17) is 10.5 Å². The van der Waals surface area contributed by atoms with Gasteiger partial charge >= 0.3 is 0 Å². The summed E-state index contributed by atoms with van der Waals surface area (Å²) < 4.78 is 6.41. The van der Waals surface area contributed by atoms with Crippen molar-refractivity contribution in [3.63, 3.8) is 0 Å². The molecule has 0 spiro atoms. The summed E-state index contributed by atoms with van der Waals surface area (Å²) in [5.41, 5.74) is 8.57. The molecule has 0 heterocycles. The van der Waals surface area contributed by atoms with Crippen LogP contribution in [0.15, 0.2) is 16.6 Å². The first-order valence-corrected chi connectivity index (χ1v) is 5.64. The van der Waals surface area contributed by atoms with Crippen LogP contribution in [0.2, 0.25) is 0 Å². The van der Waals surface area contributed by atoms with Gasteiger partial charge in [0.1, 0.15) is 5.75 Å². The molecule has 2 rings (SSSR count). The van der Waals surface area contributed by atoms with E-state index in [-0.39, 0.29) is 6.04 Å². The molecule has 3 heteroatoms. The van der Waals surface area contributed by atoms with Crippen LogP contribution >= 0.6 is 15.9 Å². The summed E-state index contributed by atoms with van der Waals surface area (Å²) in [5, 5.41) is 0. The number of benzene rings is 1. The van der Waals surface area contributed by atoms with Gasteiger partial charge in [-0.3, -0.25) is 0 Å². The number of hydrogen-bond acceptors (Lipinski definition) is 2. The lowest BCUT2D eigenvalue weighted by atomic mass is 9.88. The Morgan fingerprint density at radius 3 is 3.00 bits per heavy atom. The number of ether oxygens (including phenoxy) is 1. The largest absolute Gasteiger partial charge is 0.495 e. The van der Waals surface area contributed by atoms with Gasteiger partial charge in [-0.05, 0) is 46.8 Å². The molecule has 1 aromatic rings. The van der Waals surface area contributed by atoms with Crippen LogP contribution < -0.4 is 10.5 Å². The normalized spacial score (nSPS) is 20.4. The van der Waals surface area contributed by atoms with Gasteiger partial charge in [0.2, 0.25) is 0 Å². The van der Waals surface area contributed by atoms with Gasteiger partial charge in [-0.25, -0.2) is 0 Å². The van der Waals surface area contributed by atoms with Crippen LogP contribution in [0.25, 0.3) is 0 Å². The summed E-state index contributed by atoms with van der Waals surface area (Å²) in [7, 11) is 1.71. The molecule has 1 aromatic carbocycles. The van der Waals surface area contributed by atoms with Gasteiger partial charge in [-0.2, -0.15) is 0 Å². The van der Waals surface area contributed by atoms with Crippen molar-refractivity contribution in [1.29, 1.82) is 0 Å². The molecule has 0 aromatic heterocycles. The molecule has 0 saturated carbocycles. The van der Waals surface area contributed by atoms with Gasteiger partial charge in [0, 0.05) is 11.6 Å². The summed E-state index contributed by atoms with van der Waals surface area (Å²) in [6, 6.07) is 4.30. The van der Waals surface area contributed by atoms with Crippen molar-refractivity contribution < 1.29 is 4.74 Å². The quantitative estimate of drug-likeness (QED) is 0.838. The minimum Gasteiger partial charge on any atom is -0.495 e. The van der Waals surface area contributed by atoms with E-state index < -0.39 is 0 Å². The van der Waals surface area contributed by atoms with E-state index in [1.807, 2.05) is 6.07 Å². The highest BCUT2D eigenvalue weighted by Gasteiger charge is 2.21. The summed E-state index contributed by atoms with van der Waals surface area (Å²) in [6.07, 6.45) is 3.31. The third kappa shape index (κ3) is 1.55. The van der Waals surface area contributed by atoms with E-state index in [1.165, 1.54) is 11.1 Å². The maximum Gasteiger partial charge on any atom is 0.136 e. The monoisotopic (exact) mass is 255 g/mol. The van der Waals surface area contributed by atoms with Gasteiger partial charge in [0.25, 0.3) is 0 Å². The van der Waals surface area contributed by atoms with Crippen LogP contribution in [-0.2, 0) is 6.42 Å². The highest BCUT2D eigenvalue weighted by atomic mass is 79.9. The van der Waals surface area contributed by atoms with E-state index in [0.717, 1.165) is 29.5 Å². The molecular formula is C11H14BrNO. The number of nitrogens with two attached hydrogens (primary N) is 1. The number of halogens is 1. The Bertz CT molecular complexity index is 351. The van der Waals surface area contributed by atoms with E-state index >= 15 is 0 Å². The second-order valence-corrected chi connectivity index (χ2v) is 4.50. The first-order valence-electron chi connectivity index (χ1n) is 4.85. The van der Waals surface area contributed by atoms with Crippen LogP contribution in [0.4, 0.5) is 0 Å². The van der Waals surface area contributed by atoms with Crippen LogP contribution in [0, 0.1) is 0 Å². The van der Waals surface area contributed by atoms with Crippen molar-refractivity contribution in [2.24, 2.45) is 5.73 Å². The van der Waals surface area contributed by atoms with Crippen molar-refractivity contribution in [2.45, 2.75) is 25.3 Å². The number of fused-ring (bicyclic) bond motifs is 1. The summed E-state index contributed by atoms with van der Waals surface area (Å²) in [5.74, 6) is 0.956. The van der Waals surface area contributed by atoms with Gasteiger partial charge in [-0.15, -0.1) is 0 Å². The Morgan fingerprint density at radius 1 is 1.50 bits per heavy atom. The zero-order valence-corrected chi connectivity index (χ0v) is 9.80. The van der Waals surface area contributed by atoms with Crippen LogP contribution in [-0.4, -0.2) is 7.11 Å². The van der Waals surface area contributed by atoms with Crippen molar-refractivity contribution in [3.05, 3.63) is 27.7 Å². The Labute approximate surface area is 92.6 Å². The molecule has 1 atom stereocenters. The fraction of sp³-hybridized carbons (Fsp3) is 0.455. The average Bonchev–Trinajstić information content (AvgIpc) is 2.18. The zero-order chi connectivity index (χ0) is 10.1. The fourth-order valence-electron chi connectivity index (χ4n) is 2.09. The molecule has 0 amide bonds. The van der Waals surface area contributed by atoms with E-state index in [1.54, 1.807) is 7.11 Å². The molecule has 0 fully saturated rings. The molecule has 76 valence electrons. The summed E-state index contributed by atoms with van der Waals surface area (Å²) in [6.45, 7) is 0. The van der Waals surface area contributed by atoms with Crippen molar-refractivity contribution in [2.75, 3.05) is 7.11 Å². The standard InChI is InChI=1S/C11H14BrNO/c1-14-11-8-3-2-4-10(13)7(8)5-6-9(11)12/h5-6,10H,2-4,13H2,1H3. The van der Waals surface area contributed by atoms with E-state index in [9.17, 15) is 0 Å². The molecule has 1 aliphatic rings. The molecule has 0 saturated heterocycles. The molecule has 0 radical (unpaired) electrons. The summed E-state index contributed by atoms with van der Waals surface area (Å²) >= 11 is 3.49. The predicted molar refractivity (Wildman–Crippen MR) is 60.6 cm³/mol. The molecule has 2 N–H and O–H groups in total. The molecule has 2 nitrogen and oxygen atoms in total. The maximum atomic E-state index is 6.05. The Morgan fingerprint density at radius 2 is 2.29 bits per heavy atom. The Balaban J connectivity index is 2.55. The van der Waals surface area contributed by atoms with Gasteiger partial charge in [0.15, 0.2) is 0 Å². The third-order valence-electron chi connectivity index (χ3n) is 2.79. The first-order chi connectivity index (χ1) is 6.74. The first kappa shape index (κ1) is 9.99. The number of methoxy groups -OCH3 is 1. The summed E-state index contributed by atoms with van der Waals surface area (Å²) in [4.78, 5) is 0. The lowest BCUT2D eigenvalue weighted by Crippen LogP contribution is -2.18. The van der Waals surface area contributed by atoms with Gasteiger partial charge < -0.3 is 10.5 Å². The van der Waals surface area contributed by atoms with Crippen molar-refractivity contribution >= 4 is 15.9 Å². The van der Waals surface area contributed by atoms with Crippen molar-refractivity contribution in [1.82, 2.24) is 0 Å². The van der Waals surface area contributed by atoms with Gasteiger partial charge in [-0.1, -0.05) is 6.07 Å². The lowest BCUT2D eigenvalue weighted by molar-refractivity contribution is 0.400. The van der Waals surface area contributed by atoms with E-state index in [0.29, 0.717) is 0 Å². The third-order valence-corrected chi connectivity index (χ3v) is 3.42. The second kappa shape index (κ2) is 3.91. The molecule has 0 bridgehead atoms. The zero-order valence-electron chi connectivity index (χ0n) is 8.22. The maximum absolute atomic E-state index is 6.05. The minimum absolute atomic E-state index is 0.181. The Kier molecular flexibility index (Phi) is 2.79. The number of rotatable bonds is 1. The SMILES string of the molecule is COc1c(Br)ccc2c1CCCC2N. The topological polar surface area (TPSA) is 35.2 Å². The lowest BCUT2D eigenvalue weighted by Gasteiger charge is -2.24. The smallest absolute Gasteiger partial charge is 0.136 e. The molecule has 14 heavy (non-hydrogen) atoms. The fourth-order valence-corrected chi connectivity index (χ4v) is 2.63. The highest BCUT2D eigenvalue weighted by Crippen LogP contribution is 2.38. The van der Waals surface area contributed by atoms with Crippen LogP contribution in [0.1, 0.15) is 30.0 Å². The van der Waals surface area contributed by atoms with Crippen molar-refractivity contribution in [3.8, 4) is 5.75 Å². The van der Waals surface area contributed by atoms with Crippen LogP contribution in [0.5, 0.6) is 5.75 Å². The Hall–Kier alpha value is -0.540. The molecule has 1 aliphatic carbocycles. The average molecular weight is 256 g/mol. The van der Waals surface area contributed by atoms with E-state index in [2.05, 4.69) is 22.0 Å². The predicted octanol–water partition coefficient (Wildman–Crippen LogP) is 2.79. The number of hydrogen-bond donors (Lipinski definition) is 1. The van der Waals surface area contributed by atoms with Gasteiger partial charge in [0.05, 0.1) is 11.6 Å². The highest BCUT2D eigenvalue weighted by molar-refractivity contribution is 9.10. The minimum atomic E-state index is 0.181. The molecular weight excluding hydrogens is 242 g/mol. The molecule has 0 aliphatic heterocycles. The van der Waals surface area contributed by atoms with Crippen LogP contribution in [0.3, 0.4) is 0 Å². The second-order valence-electron chi connectivity index (χ2n) is 3.65.